The third kappa shape index (κ3) is 18.4. The maximum atomic E-state index is 14.6. The molecule has 10 aromatic heterocycles. The van der Waals surface area contributed by atoms with E-state index in [2.05, 4.69) is 107 Å². The molecule has 5 saturated heterocycles. The minimum Gasteiger partial charge on any atom is -0.492 e. The second kappa shape index (κ2) is 37.4. The maximum absolute atomic E-state index is 14.6. The van der Waals surface area contributed by atoms with Crippen molar-refractivity contribution in [1.29, 1.82) is 0 Å². The molecule has 27 rings (SSSR count). The minimum absolute atomic E-state index is 0.170. The van der Waals surface area contributed by atoms with Crippen LogP contribution >= 0.6 is 0 Å². The molecule has 26 bridgehead atoms. The summed E-state index contributed by atoms with van der Waals surface area (Å²) in [4.78, 5) is 35.5. The SMILES string of the molecule is Fc1ccc2cc1-c1cnn3ccc(nc13)NC1CCN(CCCN2)C1.Fc1ccc2cc1-c1cnn3ccc(nc13)NCCN1CCC[C@H]1CN2.Fc1ccc2cc1-c1cnn3ccc(nc13)NCCN1CCC[C@H]1CO2.Fc1ccc2cc1-c1cnn3ccc(nc13)OC1CCN(CCN2)CC1.Fc1ccc2cc1-c1cnn3ccc(nc13)OCCN1CCC(CC1)N2. The Kier molecular flexibility index (Phi) is 24.0. The van der Waals surface area contributed by atoms with Crippen molar-refractivity contribution in [3.8, 4) is 73.1 Å². The number of aromatic nitrogens is 15. The highest BCUT2D eigenvalue weighted by molar-refractivity contribution is 5.84. The molecule has 30 nitrogen and oxygen atoms in total. The summed E-state index contributed by atoms with van der Waals surface area (Å²) in [7, 11) is 0. The van der Waals surface area contributed by atoms with E-state index in [-0.39, 0.29) is 35.2 Å². The first-order valence-corrected chi connectivity index (χ1v) is 45.4. The molecular formula is C95H102F5N27O3. The van der Waals surface area contributed by atoms with E-state index in [1.54, 1.807) is 102 Å². The molecule has 12 aliphatic rings. The molecule has 0 saturated carbocycles. The predicted octanol–water partition coefficient (Wildman–Crippen LogP) is 14.1. The lowest BCUT2D eigenvalue weighted by Crippen LogP contribution is -2.40. The predicted molar refractivity (Wildman–Crippen MR) is 491 cm³/mol. The number of nitrogens with one attached hydrogen (secondary N) is 7. The number of fused-ring (bicyclic) bond motifs is 24. The number of benzene rings is 5. The van der Waals surface area contributed by atoms with Crippen LogP contribution in [0.1, 0.15) is 64.2 Å². The van der Waals surface area contributed by atoms with Crippen LogP contribution in [0.5, 0.6) is 17.5 Å². The fourth-order valence-corrected chi connectivity index (χ4v) is 19.2. The van der Waals surface area contributed by atoms with Gasteiger partial charge in [0.15, 0.2) is 28.2 Å². The molecule has 7 N–H and O–H groups in total. The topological polar surface area (TPSA) is 279 Å². The van der Waals surface area contributed by atoms with Gasteiger partial charge in [-0.1, -0.05) is 0 Å². The van der Waals surface area contributed by atoms with Crippen molar-refractivity contribution < 1.29 is 36.2 Å². The Bertz CT molecular complexity index is 6340. The number of hydrogen-bond donors (Lipinski definition) is 7. The van der Waals surface area contributed by atoms with Gasteiger partial charge in [0.05, 0.1) is 31.0 Å². The molecule has 130 heavy (non-hydrogen) atoms. The third-order valence-corrected chi connectivity index (χ3v) is 26.2. The van der Waals surface area contributed by atoms with Gasteiger partial charge in [0.25, 0.3) is 0 Å². The highest BCUT2D eigenvalue weighted by atomic mass is 19.1. The maximum Gasteiger partial charge on any atom is 0.217 e. The van der Waals surface area contributed by atoms with Gasteiger partial charge < -0.3 is 61.2 Å². The van der Waals surface area contributed by atoms with Crippen LogP contribution < -0.4 is 51.4 Å². The van der Waals surface area contributed by atoms with E-state index in [0.717, 1.165) is 203 Å². The average Bonchev–Trinajstić information content (AvgIpc) is 1.64. The summed E-state index contributed by atoms with van der Waals surface area (Å²) in [5.41, 5.74) is 12.7. The fourth-order valence-electron chi connectivity index (χ4n) is 19.2. The first-order valence-electron chi connectivity index (χ1n) is 45.4. The standard InChI is InChI=1S/2C19H21FN6.3C19H20FN5O/c20-17-3-2-13-10-15(17)16-11-22-26-9-5-18(24-19(16)26)23-14-4-8-25(12-14)7-1-6-21-13;20-17-4-3-13-10-15(17)16-12-23-26-8-5-18(24-19(16)26)21-6-9-25-7-1-2-14(25)11-22-13;20-17-2-1-13-11-15(17)16-12-22-25-9-5-18(23-19(16)25)26-14-3-7-24(8-4-14)10-6-21-13;20-17-2-1-14-11-15(17)16-12-21-25-8-5-18(23-19(16)25)26-10-9-24-6-3-13(22-14)4-7-24;20-17-4-3-14-10-15(17)16-11-22-25-8-5-18(23-19(16)25)21-6-9-24-7-1-2-13(24)12-26-14/h2-3,5,9-11,14,21H,1,4,6-8,12H2,(H,23,24);3-5,8,10,12,14,22H,1-2,6-7,9,11H2,(H,21,24);1-2,5,9,11-12,14,21H,3-4,6-8,10H2;1-2,5,8,11-13,22H,3-4,6-7,9-10H2;3-5,8,10-11,13H,1-2,6-7,9,12H2,(H,21,23)/t;14-;;;13-/m.0..0/s1. The van der Waals surface area contributed by atoms with Crippen LogP contribution in [0.2, 0.25) is 0 Å². The van der Waals surface area contributed by atoms with Gasteiger partial charge in [-0.2, -0.15) is 35.5 Å². The summed E-state index contributed by atoms with van der Waals surface area (Å²) in [6, 6.07) is 36.5. The van der Waals surface area contributed by atoms with Crippen molar-refractivity contribution in [1.82, 2.24) is 97.5 Å². The van der Waals surface area contributed by atoms with E-state index in [0.29, 0.717) is 139 Å². The number of halogens is 5. The van der Waals surface area contributed by atoms with Crippen LogP contribution in [0.25, 0.3) is 83.9 Å². The number of piperidine rings is 2. The quantitative estimate of drug-likeness (QED) is 0.0695. The number of ether oxygens (including phenoxy) is 3. The Hall–Kier alpha value is -13.4. The lowest BCUT2D eigenvalue weighted by molar-refractivity contribution is 0.0991. The molecule has 15 aromatic rings. The van der Waals surface area contributed by atoms with E-state index in [1.165, 1.54) is 49.6 Å². The van der Waals surface area contributed by atoms with Gasteiger partial charge in [-0.15, -0.1) is 0 Å². The van der Waals surface area contributed by atoms with Crippen LogP contribution in [0.15, 0.2) is 183 Å². The van der Waals surface area contributed by atoms with Crippen molar-refractivity contribution in [3.63, 3.8) is 0 Å². The van der Waals surface area contributed by atoms with Crippen molar-refractivity contribution in [2.24, 2.45) is 0 Å². The van der Waals surface area contributed by atoms with Crippen LogP contribution in [-0.2, 0) is 0 Å². The molecule has 0 spiro atoms. The summed E-state index contributed by atoms with van der Waals surface area (Å²) in [5, 5.41) is 45.8. The molecule has 0 aliphatic carbocycles. The van der Waals surface area contributed by atoms with E-state index < -0.39 is 0 Å². The second-order valence-corrected chi connectivity index (χ2v) is 34.6. The molecular weight excluding hydrogens is 1660 g/mol. The molecule has 0 radical (unpaired) electrons. The minimum atomic E-state index is -0.304. The van der Waals surface area contributed by atoms with Crippen molar-refractivity contribution in [2.75, 3.05) is 168 Å². The normalized spacial score (nSPS) is 21.7. The second-order valence-electron chi connectivity index (χ2n) is 34.6. The van der Waals surface area contributed by atoms with E-state index in [4.69, 9.17) is 19.2 Å². The van der Waals surface area contributed by atoms with Crippen LogP contribution in [0.3, 0.4) is 0 Å². The molecule has 0 amide bonds. The lowest BCUT2D eigenvalue weighted by atomic mass is 10.0. The smallest absolute Gasteiger partial charge is 0.217 e. The zero-order chi connectivity index (χ0) is 87.5. The number of rotatable bonds is 0. The average molecular weight is 1770 g/mol. The van der Waals surface area contributed by atoms with Crippen LogP contribution in [0, 0.1) is 29.1 Å². The highest BCUT2D eigenvalue weighted by Gasteiger charge is 2.31. The van der Waals surface area contributed by atoms with Gasteiger partial charge in [-0.25, -0.2) is 59.5 Å². The Balaban J connectivity index is 0.0000000983. The summed E-state index contributed by atoms with van der Waals surface area (Å²) >= 11 is 0. The Morgan fingerprint density at radius 1 is 0.315 bits per heavy atom. The van der Waals surface area contributed by atoms with Gasteiger partial charge in [0.2, 0.25) is 11.8 Å². The van der Waals surface area contributed by atoms with Gasteiger partial charge in [-0.05, 0) is 193 Å². The Morgan fingerprint density at radius 2 is 0.754 bits per heavy atom. The first kappa shape index (κ1) is 83.6. The summed E-state index contributed by atoms with van der Waals surface area (Å²) < 4.78 is 98.9. The Labute approximate surface area is 746 Å². The van der Waals surface area contributed by atoms with Crippen molar-refractivity contribution in [3.05, 3.63) is 212 Å². The molecule has 22 heterocycles. The van der Waals surface area contributed by atoms with Crippen LogP contribution in [0.4, 0.5) is 62.2 Å². The molecule has 670 valence electrons. The van der Waals surface area contributed by atoms with Gasteiger partial charge in [0, 0.05) is 244 Å². The molecule has 5 fully saturated rings. The number of hydrogen-bond acceptors (Lipinski definition) is 25. The fraction of sp³-hybridized carbons (Fsp3) is 0.368. The van der Waals surface area contributed by atoms with E-state index in [1.807, 2.05) is 73.3 Å². The third-order valence-electron chi connectivity index (χ3n) is 26.2. The highest BCUT2D eigenvalue weighted by Crippen LogP contribution is 2.38. The largest absolute Gasteiger partial charge is 0.492 e. The number of nitrogens with zero attached hydrogens (tertiary/aromatic N) is 20. The Morgan fingerprint density at radius 3 is 1.34 bits per heavy atom. The van der Waals surface area contributed by atoms with Crippen LogP contribution in [-0.4, -0.2) is 259 Å². The van der Waals surface area contributed by atoms with Gasteiger partial charge in [0.1, 0.15) is 71.6 Å². The molecule has 5 aromatic carbocycles. The van der Waals surface area contributed by atoms with Gasteiger partial charge in [-0.3, -0.25) is 14.7 Å². The summed E-state index contributed by atoms with van der Waals surface area (Å²) in [6.45, 7) is 18.7. The lowest BCUT2D eigenvalue weighted by Gasteiger charge is -2.32. The van der Waals surface area contributed by atoms with E-state index >= 15 is 0 Å². The summed E-state index contributed by atoms with van der Waals surface area (Å²) in [5.74, 6) is 2.78. The molecule has 12 aliphatic heterocycles. The zero-order valence-corrected chi connectivity index (χ0v) is 72.0. The number of anilines is 7. The van der Waals surface area contributed by atoms with Gasteiger partial charge >= 0.3 is 0 Å². The zero-order valence-electron chi connectivity index (χ0n) is 72.0. The monoisotopic (exact) mass is 1760 g/mol. The molecule has 2 unspecified atom stereocenters. The first-order chi connectivity index (χ1) is 63.8. The molecule has 35 heteroatoms. The molecule has 4 atom stereocenters. The van der Waals surface area contributed by atoms with E-state index in [9.17, 15) is 22.0 Å². The van der Waals surface area contributed by atoms with Crippen molar-refractivity contribution >= 4 is 68.4 Å². The summed E-state index contributed by atoms with van der Waals surface area (Å²) in [6.07, 6.45) is 28.7. The van der Waals surface area contributed by atoms with Crippen molar-refractivity contribution in [2.45, 2.75) is 94.5 Å².